The Morgan fingerprint density at radius 1 is 1.19 bits per heavy atom. The van der Waals surface area contributed by atoms with E-state index in [4.69, 9.17) is 0 Å². The Labute approximate surface area is 124 Å². The third kappa shape index (κ3) is 3.78. The largest absolute Gasteiger partial charge is 0.324 e. The highest BCUT2D eigenvalue weighted by atomic mass is 16.1. The van der Waals surface area contributed by atoms with E-state index >= 15 is 0 Å². The summed E-state index contributed by atoms with van der Waals surface area (Å²) in [6, 6.07) is 7.51. The van der Waals surface area contributed by atoms with Crippen LogP contribution in [0.1, 0.15) is 31.5 Å². The summed E-state index contributed by atoms with van der Waals surface area (Å²) >= 11 is 0. The number of rotatable bonds is 5. The van der Waals surface area contributed by atoms with Crippen molar-refractivity contribution in [3.63, 3.8) is 0 Å². The molecule has 1 amide bonds. The molecule has 5 nitrogen and oxygen atoms in total. The van der Waals surface area contributed by atoms with Crippen LogP contribution in [0.5, 0.6) is 0 Å². The van der Waals surface area contributed by atoms with Crippen molar-refractivity contribution in [1.29, 1.82) is 0 Å². The van der Waals surface area contributed by atoms with Gasteiger partial charge in [-0.15, -0.1) is 0 Å². The number of nitrogens with one attached hydrogen (secondary N) is 2. The smallest absolute Gasteiger partial charge is 0.227 e. The zero-order valence-electron chi connectivity index (χ0n) is 12.6. The summed E-state index contributed by atoms with van der Waals surface area (Å²) in [4.78, 5) is 20.3. The first kappa shape index (κ1) is 15.0. The molecule has 0 bridgehead atoms. The summed E-state index contributed by atoms with van der Waals surface area (Å²) in [6.07, 6.45) is 3.18. The lowest BCUT2D eigenvalue weighted by molar-refractivity contribution is -0.115. The topological polar surface area (TPSA) is 66.9 Å². The maximum absolute atomic E-state index is 11.6. The van der Waals surface area contributed by atoms with Crippen LogP contribution in [0.25, 0.3) is 0 Å². The van der Waals surface area contributed by atoms with Gasteiger partial charge in [-0.25, -0.2) is 9.97 Å². The minimum Gasteiger partial charge on any atom is -0.324 e. The summed E-state index contributed by atoms with van der Waals surface area (Å²) in [7, 11) is 0. The van der Waals surface area contributed by atoms with Crippen LogP contribution in [0.4, 0.5) is 17.3 Å². The Bertz CT molecular complexity index is 640. The number of nitrogens with zero attached hydrogens (tertiary/aromatic N) is 2. The number of amides is 1. The summed E-state index contributed by atoms with van der Waals surface area (Å²) in [5, 5.41) is 6.02. The number of hydrogen-bond acceptors (Lipinski definition) is 4. The molecule has 0 radical (unpaired) electrons. The van der Waals surface area contributed by atoms with Gasteiger partial charge in [-0.3, -0.25) is 4.79 Å². The molecule has 0 unspecified atom stereocenters. The van der Waals surface area contributed by atoms with Crippen LogP contribution in [0.2, 0.25) is 0 Å². The average molecular weight is 284 g/mol. The fraction of sp³-hybridized carbons (Fsp3) is 0.312. The van der Waals surface area contributed by atoms with Crippen molar-refractivity contribution in [2.24, 2.45) is 0 Å². The first-order chi connectivity index (χ1) is 10.1. The minimum atomic E-state index is -0.0253. The van der Waals surface area contributed by atoms with Crippen LogP contribution >= 0.6 is 0 Å². The Balaban J connectivity index is 2.23. The molecule has 0 aliphatic rings. The lowest BCUT2D eigenvalue weighted by Crippen LogP contribution is -2.11. The molecule has 0 spiro atoms. The van der Waals surface area contributed by atoms with Crippen molar-refractivity contribution in [2.45, 2.75) is 33.6 Å². The molecule has 1 heterocycles. The van der Waals surface area contributed by atoms with Gasteiger partial charge in [0.05, 0.1) is 11.4 Å². The molecule has 21 heavy (non-hydrogen) atoms. The quantitative estimate of drug-likeness (QED) is 0.882. The molecule has 1 aromatic heterocycles. The molecule has 5 heteroatoms. The van der Waals surface area contributed by atoms with Crippen LogP contribution in [0.15, 0.2) is 30.5 Å². The summed E-state index contributed by atoms with van der Waals surface area (Å²) in [5.41, 5.74) is 3.60. The molecule has 2 rings (SSSR count). The zero-order chi connectivity index (χ0) is 15.2. The highest BCUT2D eigenvalue weighted by Gasteiger charge is 2.07. The maximum atomic E-state index is 11.6. The van der Waals surface area contributed by atoms with Gasteiger partial charge in [-0.2, -0.15) is 0 Å². The van der Waals surface area contributed by atoms with E-state index in [2.05, 4.69) is 27.5 Å². The number of hydrogen-bond donors (Lipinski definition) is 2. The van der Waals surface area contributed by atoms with Crippen molar-refractivity contribution >= 4 is 23.2 Å². The van der Waals surface area contributed by atoms with E-state index in [1.807, 2.05) is 44.3 Å². The van der Waals surface area contributed by atoms with E-state index < -0.39 is 0 Å². The molecule has 0 saturated heterocycles. The molecular weight excluding hydrogens is 264 g/mol. The van der Waals surface area contributed by atoms with Gasteiger partial charge in [0.2, 0.25) is 11.9 Å². The predicted octanol–water partition coefficient (Wildman–Crippen LogP) is 3.44. The SMILES string of the molecule is CCC(=O)Nc1ccccc1Nc1ncc(CC)c(C)n1. The second kappa shape index (κ2) is 6.83. The van der Waals surface area contributed by atoms with Gasteiger partial charge >= 0.3 is 0 Å². The highest BCUT2D eigenvalue weighted by Crippen LogP contribution is 2.24. The van der Waals surface area contributed by atoms with Gasteiger partial charge in [-0.05, 0) is 31.0 Å². The van der Waals surface area contributed by atoms with Crippen LogP contribution in [-0.2, 0) is 11.2 Å². The molecule has 110 valence electrons. The van der Waals surface area contributed by atoms with E-state index in [0.717, 1.165) is 29.1 Å². The number of anilines is 3. The van der Waals surface area contributed by atoms with Crippen molar-refractivity contribution < 1.29 is 4.79 Å². The number of carbonyl (C=O) groups excluding carboxylic acids is 1. The second-order valence-electron chi connectivity index (χ2n) is 4.73. The molecular formula is C16H20N4O. The summed E-state index contributed by atoms with van der Waals surface area (Å²) < 4.78 is 0. The van der Waals surface area contributed by atoms with Crippen molar-refractivity contribution in [2.75, 3.05) is 10.6 Å². The third-order valence-corrected chi connectivity index (χ3v) is 3.23. The Hall–Kier alpha value is -2.43. The lowest BCUT2D eigenvalue weighted by Gasteiger charge is -2.12. The van der Waals surface area contributed by atoms with E-state index in [0.29, 0.717) is 12.4 Å². The first-order valence-corrected chi connectivity index (χ1v) is 7.12. The third-order valence-electron chi connectivity index (χ3n) is 3.23. The average Bonchev–Trinajstić information content (AvgIpc) is 2.49. The minimum absolute atomic E-state index is 0.0253. The van der Waals surface area contributed by atoms with Gasteiger partial charge < -0.3 is 10.6 Å². The van der Waals surface area contributed by atoms with Crippen LogP contribution in [0.3, 0.4) is 0 Å². The Morgan fingerprint density at radius 3 is 2.52 bits per heavy atom. The van der Waals surface area contributed by atoms with Gasteiger partial charge in [-0.1, -0.05) is 26.0 Å². The van der Waals surface area contributed by atoms with Crippen LogP contribution in [-0.4, -0.2) is 15.9 Å². The molecule has 0 aliphatic carbocycles. The van der Waals surface area contributed by atoms with Gasteiger partial charge in [0.15, 0.2) is 0 Å². The highest BCUT2D eigenvalue weighted by molar-refractivity contribution is 5.94. The van der Waals surface area contributed by atoms with Gasteiger partial charge in [0, 0.05) is 18.3 Å². The monoisotopic (exact) mass is 284 g/mol. The number of benzene rings is 1. The summed E-state index contributed by atoms with van der Waals surface area (Å²) in [5.74, 6) is 0.505. The molecule has 0 saturated carbocycles. The molecule has 2 N–H and O–H groups in total. The van der Waals surface area contributed by atoms with Crippen LogP contribution in [0, 0.1) is 6.92 Å². The summed E-state index contributed by atoms with van der Waals surface area (Å²) in [6.45, 7) is 5.87. The Kier molecular flexibility index (Phi) is 4.87. The maximum Gasteiger partial charge on any atom is 0.227 e. The molecule has 0 aliphatic heterocycles. The van der Waals surface area contributed by atoms with Gasteiger partial charge in [0.25, 0.3) is 0 Å². The first-order valence-electron chi connectivity index (χ1n) is 7.12. The van der Waals surface area contributed by atoms with E-state index in [9.17, 15) is 4.79 Å². The number of carbonyl (C=O) groups is 1. The second-order valence-corrected chi connectivity index (χ2v) is 4.73. The zero-order valence-corrected chi connectivity index (χ0v) is 12.6. The number of para-hydroxylation sites is 2. The van der Waals surface area contributed by atoms with E-state index in [1.54, 1.807) is 0 Å². The normalized spacial score (nSPS) is 10.2. The predicted molar refractivity (Wildman–Crippen MR) is 84.8 cm³/mol. The van der Waals surface area contributed by atoms with Crippen molar-refractivity contribution in [3.05, 3.63) is 41.7 Å². The van der Waals surface area contributed by atoms with E-state index in [1.165, 1.54) is 0 Å². The fourth-order valence-electron chi connectivity index (χ4n) is 1.96. The molecule has 0 atom stereocenters. The van der Waals surface area contributed by atoms with Gasteiger partial charge in [0.1, 0.15) is 0 Å². The van der Waals surface area contributed by atoms with Crippen molar-refractivity contribution in [3.8, 4) is 0 Å². The number of aromatic nitrogens is 2. The number of aryl methyl sites for hydroxylation is 2. The Morgan fingerprint density at radius 2 is 1.90 bits per heavy atom. The standard InChI is InChI=1S/C16H20N4O/c1-4-12-10-17-16(18-11(12)3)20-14-9-7-6-8-13(14)19-15(21)5-2/h6-10H,4-5H2,1-3H3,(H,19,21)(H,17,18,20). The molecule has 1 aromatic carbocycles. The molecule has 2 aromatic rings. The van der Waals surface area contributed by atoms with Crippen LogP contribution < -0.4 is 10.6 Å². The molecule has 0 fully saturated rings. The van der Waals surface area contributed by atoms with E-state index in [-0.39, 0.29) is 5.91 Å². The van der Waals surface area contributed by atoms with Crippen molar-refractivity contribution in [1.82, 2.24) is 9.97 Å². The fourth-order valence-corrected chi connectivity index (χ4v) is 1.96. The lowest BCUT2D eigenvalue weighted by atomic mass is 10.2.